The van der Waals surface area contributed by atoms with Crippen molar-refractivity contribution in [2.45, 2.75) is 38.8 Å². The predicted molar refractivity (Wildman–Crippen MR) is 62.3 cm³/mol. The predicted octanol–water partition coefficient (Wildman–Crippen LogP) is 0.148. The van der Waals surface area contributed by atoms with Gasteiger partial charge < -0.3 is 15.0 Å². The molecule has 5 nitrogen and oxygen atoms in total. The van der Waals surface area contributed by atoms with Crippen molar-refractivity contribution >= 4 is 11.8 Å². The third-order valence-corrected chi connectivity index (χ3v) is 3.62. The summed E-state index contributed by atoms with van der Waals surface area (Å²) in [6, 6.07) is 0.125. The summed E-state index contributed by atoms with van der Waals surface area (Å²) in [5, 5.41) is 2.99. The number of nitrogens with zero attached hydrogens (tertiary/aromatic N) is 1. The normalized spacial score (nSPS) is 29.6. The van der Waals surface area contributed by atoms with Crippen LogP contribution in [0.2, 0.25) is 0 Å². The second-order valence-electron chi connectivity index (χ2n) is 4.95. The van der Waals surface area contributed by atoms with Crippen molar-refractivity contribution in [2.75, 3.05) is 19.7 Å². The van der Waals surface area contributed by atoms with Crippen LogP contribution in [0, 0.1) is 5.92 Å². The van der Waals surface area contributed by atoms with Gasteiger partial charge in [-0.3, -0.25) is 9.59 Å². The second kappa shape index (κ2) is 5.04. The Morgan fingerprint density at radius 2 is 2.06 bits per heavy atom. The summed E-state index contributed by atoms with van der Waals surface area (Å²) in [4.78, 5) is 24.7. The van der Waals surface area contributed by atoms with Gasteiger partial charge in [0, 0.05) is 26.6 Å². The van der Waals surface area contributed by atoms with Crippen LogP contribution in [-0.4, -0.2) is 48.6 Å². The molecule has 2 aliphatic rings. The minimum absolute atomic E-state index is 0.00716. The molecule has 0 saturated carbocycles. The molecule has 2 aliphatic heterocycles. The van der Waals surface area contributed by atoms with Gasteiger partial charge in [0.2, 0.25) is 11.8 Å². The molecule has 0 aromatic heterocycles. The molecule has 0 bridgehead atoms. The van der Waals surface area contributed by atoms with Gasteiger partial charge >= 0.3 is 0 Å². The Labute approximate surface area is 101 Å². The zero-order valence-electron chi connectivity index (χ0n) is 10.4. The molecule has 2 fully saturated rings. The van der Waals surface area contributed by atoms with Crippen LogP contribution in [0.25, 0.3) is 0 Å². The fraction of sp³-hybridized carbons (Fsp3) is 0.833. The molecule has 2 heterocycles. The molecule has 96 valence electrons. The number of likely N-dealkylation sites (tertiary alicyclic amines) is 1. The fourth-order valence-corrected chi connectivity index (χ4v) is 2.40. The Morgan fingerprint density at radius 1 is 1.35 bits per heavy atom. The maximum Gasteiger partial charge on any atom is 0.226 e. The van der Waals surface area contributed by atoms with Crippen LogP contribution >= 0.6 is 0 Å². The molecular formula is C12H20N2O3. The number of rotatable bonds is 2. The van der Waals surface area contributed by atoms with E-state index >= 15 is 0 Å². The number of hydrogen-bond donors (Lipinski definition) is 1. The second-order valence-corrected chi connectivity index (χ2v) is 4.95. The summed E-state index contributed by atoms with van der Waals surface area (Å²) >= 11 is 0. The number of hydrogen-bond acceptors (Lipinski definition) is 3. The Hall–Kier alpha value is -1.10. The van der Waals surface area contributed by atoms with E-state index in [2.05, 4.69) is 5.32 Å². The standard InChI is InChI=1S/C12H20N2O3/c1-8-11(4-3-5-17-8)12(16)13-10-6-14(7-10)9(2)15/h8,10-11H,3-7H2,1-2H3,(H,13,16)/t8-,11+/m1/s1. The molecular weight excluding hydrogens is 220 g/mol. The summed E-state index contributed by atoms with van der Waals surface area (Å²) in [5.41, 5.74) is 0. The zero-order chi connectivity index (χ0) is 12.4. The minimum atomic E-state index is -0.0323. The van der Waals surface area contributed by atoms with Gasteiger partial charge in [0.05, 0.1) is 18.1 Å². The van der Waals surface area contributed by atoms with Crippen molar-refractivity contribution in [1.82, 2.24) is 10.2 Å². The molecule has 0 radical (unpaired) electrons. The molecule has 0 spiro atoms. The topological polar surface area (TPSA) is 58.6 Å². The highest BCUT2D eigenvalue weighted by Crippen LogP contribution is 2.21. The van der Waals surface area contributed by atoms with Gasteiger partial charge in [-0.2, -0.15) is 0 Å². The number of amides is 2. The molecule has 2 atom stereocenters. The smallest absolute Gasteiger partial charge is 0.226 e. The van der Waals surface area contributed by atoms with Gasteiger partial charge in [0.25, 0.3) is 0 Å². The minimum Gasteiger partial charge on any atom is -0.378 e. The van der Waals surface area contributed by atoms with E-state index in [4.69, 9.17) is 4.74 Å². The summed E-state index contributed by atoms with van der Waals surface area (Å²) < 4.78 is 5.48. The molecule has 5 heteroatoms. The molecule has 2 saturated heterocycles. The average Bonchev–Trinajstić information content (AvgIpc) is 2.22. The Morgan fingerprint density at radius 3 is 2.65 bits per heavy atom. The third kappa shape index (κ3) is 2.77. The lowest BCUT2D eigenvalue weighted by Crippen LogP contribution is -2.61. The molecule has 2 rings (SSSR count). The van der Waals surface area contributed by atoms with E-state index in [0.717, 1.165) is 19.4 Å². The quantitative estimate of drug-likeness (QED) is 0.747. The zero-order valence-corrected chi connectivity index (χ0v) is 10.4. The lowest BCUT2D eigenvalue weighted by atomic mass is 9.93. The highest BCUT2D eigenvalue weighted by atomic mass is 16.5. The maximum atomic E-state index is 12.0. The van der Waals surface area contributed by atoms with Crippen LogP contribution in [0.1, 0.15) is 26.7 Å². The summed E-state index contributed by atoms with van der Waals surface area (Å²) in [7, 11) is 0. The van der Waals surface area contributed by atoms with Crippen molar-refractivity contribution in [1.29, 1.82) is 0 Å². The van der Waals surface area contributed by atoms with E-state index in [1.807, 2.05) is 6.92 Å². The molecule has 0 aliphatic carbocycles. The summed E-state index contributed by atoms with van der Waals surface area (Å²) in [5.74, 6) is 0.116. The van der Waals surface area contributed by atoms with Gasteiger partial charge in [-0.05, 0) is 19.8 Å². The summed E-state index contributed by atoms with van der Waals surface area (Å²) in [6.07, 6.45) is 1.86. The van der Waals surface area contributed by atoms with Crippen LogP contribution in [0.15, 0.2) is 0 Å². The van der Waals surface area contributed by atoms with Crippen molar-refractivity contribution < 1.29 is 14.3 Å². The average molecular weight is 240 g/mol. The Bertz CT molecular complexity index is 313. The van der Waals surface area contributed by atoms with Crippen molar-refractivity contribution in [3.8, 4) is 0 Å². The van der Waals surface area contributed by atoms with E-state index in [9.17, 15) is 9.59 Å². The third-order valence-electron chi connectivity index (χ3n) is 3.62. The fourth-order valence-electron chi connectivity index (χ4n) is 2.40. The number of carbonyl (C=O) groups is 2. The van der Waals surface area contributed by atoms with E-state index in [-0.39, 0.29) is 29.9 Å². The number of ether oxygens (including phenoxy) is 1. The van der Waals surface area contributed by atoms with Crippen LogP contribution in [-0.2, 0) is 14.3 Å². The Balaban J connectivity index is 1.76. The lowest BCUT2D eigenvalue weighted by molar-refractivity contribution is -0.140. The van der Waals surface area contributed by atoms with Gasteiger partial charge in [-0.1, -0.05) is 0 Å². The summed E-state index contributed by atoms with van der Waals surface area (Å²) in [6.45, 7) is 5.54. The van der Waals surface area contributed by atoms with Crippen molar-refractivity contribution in [3.63, 3.8) is 0 Å². The first kappa shape index (κ1) is 12.4. The highest BCUT2D eigenvalue weighted by Gasteiger charge is 2.34. The number of carbonyl (C=O) groups excluding carboxylic acids is 2. The first-order valence-electron chi connectivity index (χ1n) is 6.25. The van der Waals surface area contributed by atoms with Gasteiger partial charge in [-0.15, -0.1) is 0 Å². The Kier molecular flexibility index (Phi) is 3.66. The molecule has 2 amide bonds. The SMILES string of the molecule is CC(=O)N1CC(NC(=O)[C@H]2CCCO[C@@H]2C)C1. The van der Waals surface area contributed by atoms with Crippen LogP contribution in [0.4, 0.5) is 0 Å². The lowest BCUT2D eigenvalue weighted by Gasteiger charge is -2.40. The molecule has 17 heavy (non-hydrogen) atoms. The molecule has 1 N–H and O–H groups in total. The van der Waals surface area contributed by atoms with E-state index in [1.54, 1.807) is 11.8 Å². The van der Waals surface area contributed by atoms with Crippen LogP contribution < -0.4 is 5.32 Å². The van der Waals surface area contributed by atoms with Gasteiger partial charge in [0.15, 0.2) is 0 Å². The number of nitrogens with one attached hydrogen (secondary N) is 1. The van der Waals surface area contributed by atoms with Gasteiger partial charge in [0.1, 0.15) is 0 Å². The van der Waals surface area contributed by atoms with Crippen molar-refractivity contribution in [2.24, 2.45) is 5.92 Å². The first-order valence-corrected chi connectivity index (χ1v) is 6.25. The van der Waals surface area contributed by atoms with Gasteiger partial charge in [-0.25, -0.2) is 0 Å². The van der Waals surface area contributed by atoms with Crippen LogP contribution in [0.5, 0.6) is 0 Å². The first-order chi connectivity index (χ1) is 8.08. The van der Waals surface area contributed by atoms with Crippen LogP contribution in [0.3, 0.4) is 0 Å². The van der Waals surface area contributed by atoms with E-state index in [0.29, 0.717) is 13.1 Å². The highest BCUT2D eigenvalue weighted by molar-refractivity contribution is 5.80. The molecule has 0 aromatic rings. The van der Waals surface area contributed by atoms with E-state index in [1.165, 1.54) is 0 Å². The molecule has 0 unspecified atom stereocenters. The van der Waals surface area contributed by atoms with Crippen molar-refractivity contribution in [3.05, 3.63) is 0 Å². The maximum absolute atomic E-state index is 12.0. The molecule has 0 aromatic carbocycles. The van der Waals surface area contributed by atoms with E-state index < -0.39 is 0 Å². The largest absolute Gasteiger partial charge is 0.378 e. The monoisotopic (exact) mass is 240 g/mol.